The highest BCUT2D eigenvalue weighted by Crippen LogP contribution is 2.23. The molecule has 0 heterocycles. The van der Waals surface area contributed by atoms with Gasteiger partial charge in [-0.3, -0.25) is 0 Å². The van der Waals surface area contributed by atoms with Gasteiger partial charge in [-0.2, -0.15) is 0 Å². The van der Waals surface area contributed by atoms with Crippen LogP contribution >= 0.6 is 0 Å². The summed E-state index contributed by atoms with van der Waals surface area (Å²) in [5.41, 5.74) is 1.92. The number of ether oxygens (including phenoxy) is 2. The number of hydrogen-bond acceptors (Lipinski definition) is 3. The molecule has 0 aliphatic rings. The maximum absolute atomic E-state index is 10.2. The molecule has 19 heavy (non-hydrogen) atoms. The van der Waals surface area contributed by atoms with Gasteiger partial charge < -0.3 is 14.6 Å². The van der Waals surface area contributed by atoms with Gasteiger partial charge >= 0.3 is 0 Å². The van der Waals surface area contributed by atoms with E-state index in [1.54, 1.807) is 14.2 Å². The highest BCUT2D eigenvalue weighted by molar-refractivity contribution is 5.32. The van der Waals surface area contributed by atoms with Crippen LogP contribution in [0.15, 0.2) is 48.5 Å². The largest absolute Gasteiger partial charge is 0.497 e. The highest BCUT2D eigenvalue weighted by Gasteiger charge is 2.09. The van der Waals surface area contributed by atoms with E-state index in [9.17, 15) is 5.11 Å². The van der Waals surface area contributed by atoms with E-state index in [0.29, 0.717) is 6.42 Å². The number of aliphatic hydroxyl groups excluding tert-OH is 1. The van der Waals surface area contributed by atoms with E-state index in [0.717, 1.165) is 22.6 Å². The smallest absolute Gasteiger partial charge is 0.119 e. The first-order valence-electron chi connectivity index (χ1n) is 6.18. The first-order valence-corrected chi connectivity index (χ1v) is 6.18. The molecule has 1 unspecified atom stereocenters. The van der Waals surface area contributed by atoms with Crippen molar-refractivity contribution in [3.63, 3.8) is 0 Å². The quantitative estimate of drug-likeness (QED) is 0.896. The topological polar surface area (TPSA) is 38.7 Å². The van der Waals surface area contributed by atoms with Crippen molar-refractivity contribution < 1.29 is 14.6 Å². The van der Waals surface area contributed by atoms with E-state index in [1.165, 1.54) is 0 Å². The molecule has 100 valence electrons. The molecule has 1 atom stereocenters. The molecule has 0 saturated heterocycles. The lowest BCUT2D eigenvalue weighted by atomic mass is 10.0. The van der Waals surface area contributed by atoms with Crippen molar-refractivity contribution in [2.24, 2.45) is 0 Å². The summed E-state index contributed by atoms with van der Waals surface area (Å²) in [5, 5.41) is 10.2. The third kappa shape index (κ3) is 3.48. The van der Waals surface area contributed by atoms with Crippen LogP contribution in [0.25, 0.3) is 0 Å². The molecule has 0 fully saturated rings. The molecular formula is C16H18O3. The molecule has 2 aromatic carbocycles. The maximum Gasteiger partial charge on any atom is 0.119 e. The van der Waals surface area contributed by atoms with E-state index in [4.69, 9.17) is 9.47 Å². The Hall–Kier alpha value is -2.00. The van der Waals surface area contributed by atoms with Crippen LogP contribution in [0, 0.1) is 0 Å². The normalized spacial score (nSPS) is 11.9. The van der Waals surface area contributed by atoms with E-state index in [-0.39, 0.29) is 0 Å². The third-order valence-electron chi connectivity index (χ3n) is 3.07. The minimum atomic E-state index is -0.538. The Bertz CT molecular complexity index is 520. The van der Waals surface area contributed by atoms with E-state index >= 15 is 0 Å². The molecule has 2 aromatic rings. The third-order valence-corrected chi connectivity index (χ3v) is 3.07. The zero-order chi connectivity index (χ0) is 13.7. The lowest BCUT2D eigenvalue weighted by Crippen LogP contribution is -2.02. The minimum Gasteiger partial charge on any atom is -0.497 e. The van der Waals surface area contributed by atoms with Gasteiger partial charge in [0.15, 0.2) is 0 Å². The number of hydrogen-bond donors (Lipinski definition) is 1. The number of rotatable bonds is 5. The molecule has 0 bridgehead atoms. The summed E-state index contributed by atoms with van der Waals surface area (Å²) >= 11 is 0. The first kappa shape index (κ1) is 13.4. The summed E-state index contributed by atoms with van der Waals surface area (Å²) in [6.07, 6.45) is 0.0282. The maximum atomic E-state index is 10.2. The SMILES string of the molecule is COc1ccc(CC(O)c2cccc(OC)c2)cc1. The van der Waals surface area contributed by atoms with Crippen molar-refractivity contribution >= 4 is 0 Å². The van der Waals surface area contributed by atoms with Gasteiger partial charge in [-0.15, -0.1) is 0 Å². The van der Waals surface area contributed by atoms with Crippen molar-refractivity contribution in [2.45, 2.75) is 12.5 Å². The molecule has 0 spiro atoms. The predicted octanol–water partition coefficient (Wildman–Crippen LogP) is 2.98. The van der Waals surface area contributed by atoms with Crippen LogP contribution in [0.2, 0.25) is 0 Å². The summed E-state index contributed by atoms with van der Waals surface area (Å²) in [6.45, 7) is 0. The Labute approximate surface area is 113 Å². The Kier molecular flexibility index (Phi) is 4.42. The van der Waals surface area contributed by atoms with E-state index in [1.807, 2.05) is 48.5 Å². The molecule has 3 nitrogen and oxygen atoms in total. The Morgan fingerprint density at radius 1 is 0.947 bits per heavy atom. The van der Waals surface area contributed by atoms with Crippen molar-refractivity contribution in [1.29, 1.82) is 0 Å². The summed E-state index contributed by atoms with van der Waals surface area (Å²) in [4.78, 5) is 0. The van der Waals surface area contributed by atoms with Gasteiger partial charge in [-0.25, -0.2) is 0 Å². The lowest BCUT2D eigenvalue weighted by Gasteiger charge is -2.12. The van der Waals surface area contributed by atoms with Crippen LogP contribution in [0.5, 0.6) is 11.5 Å². The zero-order valence-corrected chi connectivity index (χ0v) is 11.2. The fraction of sp³-hybridized carbons (Fsp3) is 0.250. The Morgan fingerprint density at radius 2 is 1.63 bits per heavy atom. The molecule has 2 rings (SSSR count). The van der Waals surface area contributed by atoms with E-state index < -0.39 is 6.10 Å². The molecule has 0 amide bonds. The fourth-order valence-corrected chi connectivity index (χ4v) is 1.95. The molecule has 0 aliphatic heterocycles. The van der Waals surface area contributed by atoms with Crippen molar-refractivity contribution in [3.8, 4) is 11.5 Å². The summed E-state index contributed by atoms with van der Waals surface area (Å²) in [5.74, 6) is 1.57. The molecular weight excluding hydrogens is 240 g/mol. The molecule has 0 aliphatic carbocycles. The second kappa shape index (κ2) is 6.25. The Morgan fingerprint density at radius 3 is 2.26 bits per heavy atom. The molecule has 0 radical (unpaired) electrons. The molecule has 3 heteroatoms. The van der Waals surface area contributed by atoms with E-state index in [2.05, 4.69) is 0 Å². The predicted molar refractivity (Wildman–Crippen MR) is 74.7 cm³/mol. The Balaban J connectivity index is 2.08. The van der Waals surface area contributed by atoms with Crippen LogP contribution in [-0.2, 0) is 6.42 Å². The average Bonchev–Trinajstić information content (AvgIpc) is 2.48. The molecule has 0 saturated carbocycles. The van der Waals surface area contributed by atoms with Crippen LogP contribution in [0.3, 0.4) is 0 Å². The first-order chi connectivity index (χ1) is 9.22. The van der Waals surface area contributed by atoms with Gasteiger partial charge in [-0.05, 0) is 35.4 Å². The van der Waals surface area contributed by atoms with Crippen LogP contribution in [0.1, 0.15) is 17.2 Å². The second-order valence-electron chi connectivity index (χ2n) is 4.34. The monoisotopic (exact) mass is 258 g/mol. The summed E-state index contributed by atoms with van der Waals surface area (Å²) in [7, 11) is 3.26. The van der Waals surface area contributed by atoms with Gasteiger partial charge in [0.1, 0.15) is 11.5 Å². The van der Waals surface area contributed by atoms with Crippen molar-refractivity contribution in [2.75, 3.05) is 14.2 Å². The standard InChI is InChI=1S/C16H18O3/c1-18-14-8-6-12(7-9-14)10-16(17)13-4-3-5-15(11-13)19-2/h3-9,11,16-17H,10H2,1-2H3. The number of benzene rings is 2. The van der Waals surface area contributed by atoms with Gasteiger partial charge in [-0.1, -0.05) is 24.3 Å². The summed E-state index contributed by atoms with van der Waals surface area (Å²) in [6, 6.07) is 15.2. The highest BCUT2D eigenvalue weighted by atomic mass is 16.5. The fourth-order valence-electron chi connectivity index (χ4n) is 1.95. The summed E-state index contributed by atoms with van der Waals surface area (Å²) < 4.78 is 10.3. The second-order valence-corrected chi connectivity index (χ2v) is 4.34. The van der Waals surface area contributed by atoms with Crippen molar-refractivity contribution in [3.05, 3.63) is 59.7 Å². The molecule has 0 aromatic heterocycles. The number of methoxy groups -OCH3 is 2. The van der Waals surface area contributed by atoms with Crippen LogP contribution in [0.4, 0.5) is 0 Å². The average molecular weight is 258 g/mol. The van der Waals surface area contributed by atoms with Gasteiger partial charge in [0.25, 0.3) is 0 Å². The van der Waals surface area contributed by atoms with Gasteiger partial charge in [0.05, 0.1) is 20.3 Å². The zero-order valence-electron chi connectivity index (χ0n) is 11.2. The van der Waals surface area contributed by atoms with Crippen molar-refractivity contribution in [1.82, 2.24) is 0 Å². The minimum absolute atomic E-state index is 0.538. The van der Waals surface area contributed by atoms with Crippen LogP contribution in [-0.4, -0.2) is 19.3 Å². The van der Waals surface area contributed by atoms with Gasteiger partial charge in [0, 0.05) is 6.42 Å². The number of aliphatic hydroxyl groups is 1. The van der Waals surface area contributed by atoms with Gasteiger partial charge in [0.2, 0.25) is 0 Å². The molecule has 1 N–H and O–H groups in total. The van der Waals surface area contributed by atoms with Crippen LogP contribution < -0.4 is 9.47 Å². The lowest BCUT2D eigenvalue weighted by molar-refractivity contribution is 0.178.